The number of nitrogens with zero attached hydrogens (tertiary/aromatic N) is 1. The van der Waals surface area contributed by atoms with E-state index < -0.39 is 0 Å². The van der Waals surface area contributed by atoms with Gasteiger partial charge in [-0.1, -0.05) is 35.9 Å². The number of nitroso groups, excluding NO2 is 1. The van der Waals surface area contributed by atoms with Crippen LogP contribution in [0.5, 0.6) is 5.88 Å². The van der Waals surface area contributed by atoms with E-state index in [2.05, 4.69) is 20.5 Å². The van der Waals surface area contributed by atoms with Crippen LogP contribution in [0.2, 0.25) is 0 Å². The Morgan fingerprint density at radius 1 is 0.935 bits per heavy atom. The van der Waals surface area contributed by atoms with E-state index in [1.807, 2.05) is 37.3 Å². The summed E-state index contributed by atoms with van der Waals surface area (Å²) < 4.78 is 0. The predicted molar refractivity (Wildman–Crippen MR) is 122 cm³/mol. The average molecular weight is 410 g/mol. The lowest BCUT2D eigenvalue weighted by Gasteiger charge is -2.06. The van der Waals surface area contributed by atoms with Crippen molar-refractivity contribution in [2.75, 3.05) is 5.32 Å². The second kappa shape index (κ2) is 7.14. The van der Waals surface area contributed by atoms with E-state index in [4.69, 9.17) is 0 Å². The number of para-hydroxylation sites is 1. The maximum Gasteiger partial charge on any atom is 0.255 e. The minimum atomic E-state index is -0.235. The first-order valence-corrected chi connectivity index (χ1v) is 9.72. The lowest BCUT2D eigenvalue weighted by atomic mass is 10.1. The molecule has 4 N–H and O–H groups in total. The third-order valence-corrected chi connectivity index (χ3v) is 5.37. The molecule has 0 unspecified atom stereocenters. The molecular weight excluding hydrogens is 392 g/mol. The molecule has 0 spiro atoms. The van der Waals surface area contributed by atoms with Gasteiger partial charge >= 0.3 is 0 Å². The molecule has 3 aromatic carbocycles. The number of benzene rings is 3. The molecule has 0 fully saturated rings. The number of rotatable bonds is 4. The molecule has 7 nitrogen and oxygen atoms in total. The average Bonchev–Trinajstić information content (AvgIpc) is 3.29. The number of carbonyl (C=O) groups is 1. The van der Waals surface area contributed by atoms with Gasteiger partial charge in [-0.15, -0.1) is 4.91 Å². The molecule has 1 amide bonds. The third-order valence-electron chi connectivity index (χ3n) is 5.37. The number of hydrogen-bond donors (Lipinski definition) is 4. The van der Waals surface area contributed by atoms with Crippen molar-refractivity contribution >= 4 is 39.1 Å². The summed E-state index contributed by atoms with van der Waals surface area (Å²) in [6.07, 6.45) is 0. The van der Waals surface area contributed by atoms with Crippen LogP contribution >= 0.6 is 0 Å². The van der Waals surface area contributed by atoms with Crippen LogP contribution in [-0.4, -0.2) is 21.0 Å². The summed E-state index contributed by atoms with van der Waals surface area (Å²) in [6, 6.07) is 19.9. The maximum absolute atomic E-state index is 12.6. The van der Waals surface area contributed by atoms with Crippen molar-refractivity contribution in [2.45, 2.75) is 6.92 Å². The lowest BCUT2D eigenvalue weighted by Crippen LogP contribution is -2.11. The second-order valence-corrected chi connectivity index (χ2v) is 7.41. The molecule has 0 aliphatic heterocycles. The highest BCUT2D eigenvalue weighted by atomic mass is 16.3. The molecule has 31 heavy (non-hydrogen) atoms. The van der Waals surface area contributed by atoms with Crippen LogP contribution in [0.3, 0.4) is 0 Å². The van der Waals surface area contributed by atoms with E-state index in [1.165, 1.54) is 0 Å². The third kappa shape index (κ3) is 3.12. The summed E-state index contributed by atoms with van der Waals surface area (Å²) in [5, 5.41) is 18.0. The van der Waals surface area contributed by atoms with E-state index >= 15 is 0 Å². The van der Waals surface area contributed by atoms with Crippen LogP contribution in [0.15, 0.2) is 71.9 Å². The van der Waals surface area contributed by atoms with Crippen molar-refractivity contribution in [3.63, 3.8) is 0 Å². The van der Waals surface area contributed by atoms with Gasteiger partial charge in [0.15, 0.2) is 5.88 Å². The first-order chi connectivity index (χ1) is 15.0. The Morgan fingerprint density at radius 2 is 1.68 bits per heavy atom. The molecule has 0 radical (unpaired) electrons. The van der Waals surface area contributed by atoms with Crippen LogP contribution in [0, 0.1) is 11.8 Å². The maximum atomic E-state index is 12.6. The first-order valence-electron chi connectivity index (χ1n) is 9.72. The topological polar surface area (TPSA) is 110 Å². The van der Waals surface area contributed by atoms with Gasteiger partial charge in [-0.05, 0) is 48.5 Å². The van der Waals surface area contributed by atoms with Gasteiger partial charge in [-0.2, -0.15) is 0 Å². The quantitative estimate of drug-likeness (QED) is 0.273. The number of carbonyl (C=O) groups excluding carboxylic acids is 1. The zero-order chi connectivity index (χ0) is 21.5. The van der Waals surface area contributed by atoms with Gasteiger partial charge in [0.1, 0.15) is 5.69 Å². The van der Waals surface area contributed by atoms with Gasteiger partial charge < -0.3 is 20.4 Å². The normalized spacial score (nSPS) is 11.1. The molecule has 0 bridgehead atoms. The molecule has 2 heterocycles. The number of fused-ring (bicyclic) bond motifs is 2. The number of amides is 1. The molecule has 0 atom stereocenters. The monoisotopic (exact) mass is 410 g/mol. The van der Waals surface area contributed by atoms with Crippen molar-refractivity contribution in [1.29, 1.82) is 0 Å². The van der Waals surface area contributed by atoms with Crippen LogP contribution < -0.4 is 5.32 Å². The molecule has 0 saturated carbocycles. The molecule has 2 aromatic heterocycles. The van der Waals surface area contributed by atoms with E-state index in [-0.39, 0.29) is 17.5 Å². The highest BCUT2D eigenvalue weighted by Gasteiger charge is 2.21. The zero-order valence-corrected chi connectivity index (χ0v) is 16.6. The summed E-state index contributed by atoms with van der Waals surface area (Å²) in [5.41, 5.74) is 4.65. The highest BCUT2D eigenvalue weighted by Crippen LogP contribution is 2.44. The van der Waals surface area contributed by atoms with Crippen molar-refractivity contribution in [3.8, 4) is 17.1 Å². The number of H-pyrrole nitrogens is 2. The number of aromatic nitrogens is 2. The van der Waals surface area contributed by atoms with Crippen molar-refractivity contribution < 1.29 is 9.90 Å². The summed E-state index contributed by atoms with van der Waals surface area (Å²) in [5.74, 6) is -0.324. The molecule has 0 aliphatic carbocycles. The Morgan fingerprint density at radius 3 is 2.45 bits per heavy atom. The van der Waals surface area contributed by atoms with Crippen LogP contribution in [-0.2, 0) is 0 Å². The molecule has 7 heteroatoms. The standard InChI is InChI=1S/C24H18N4O3/c1-13-6-8-14(9-7-13)23(29)25-15-10-11-19-17(12-15)20(24(30)27-19)22-21(28-31)16-4-2-3-5-18(16)26-22/h2-12,26-27,30H,1H3,(H,25,29). The first kappa shape index (κ1) is 18.6. The fourth-order valence-electron chi connectivity index (χ4n) is 3.82. The van der Waals surface area contributed by atoms with E-state index in [1.54, 1.807) is 36.4 Å². The SMILES string of the molecule is Cc1ccc(C(=O)Nc2ccc3[nH]c(O)c(-c4[nH]c5ccccc5c4N=O)c3c2)cc1. The van der Waals surface area contributed by atoms with Crippen LogP contribution in [0.1, 0.15) is 15.9 Å². The Labute approximate surface area is 176 Å². The molecule has 0 aliphatic rings. The van der Waals surface area contributed by atoms with Crippen LogP contribution in [0.25, 0.3) is 33.1 Å². The number of aryl methyl sites for hydroxylation is 1. The zero-order valence-electron chi connectivity index (χ0n) is 16.6. The Bertz CT molecular complexity index is 1460. The predicted octanol–water partition coefficient (Wildman–Crippen LogP) is 5.98. The van der Waals surface area contributed by atoms with Crippen molar-refractivity contribution in [1.82, 2.24) is 9.97 Å². The van der Waals surface area contributed by atoms with Gasteiger partial charge in [0.25, 0.3) is 5.91 Å². The minimum Gasteiger partial charge on any atom is -0.494 e. The van der Waals surface area contributed by atoms with Gasteiger partial charge in [0.05, 0.1) is 11.3 Å². The minimum absolute atomic E-state index is 0.0894. The highest BCUT2D eigenvalue weighted by molar-refractivity contribution is 6.09. The largest absolute Gasteiger partial charge is 0.494 e. The fraction of sp³-hybridized carbons (Fsp3) is 0.0417. The summed E-state index contributed by atoms with van der Waals surface area (Å²) in [6.45, 7) is 1.96. The van der Waals surface area contributed by atoms with E-state index in [0.29, 0.717) is 38.8 Å². The fourth-order valence-corrected chi connectivity index (χ4v) is 3.82. The molecule has 5 aromatic rings. The summed E-state index contributed by atoms with van der Waals surface area (Å²) in [4.78, 5) is 30.3. The Hall–Kier alpha value is -4.39. The van der Waals surface area contributed by atoms with E-state index in [0.717, 1.165) is 11.1 Å². The Kier molecular flexibility index (Phi) is 4.29. The van der Waals surface area contributed by atoms with Gasteiger partial charge in [0.2, 0.25) is 0 Å². The number of aromatic amines is 2. The lowest BCUT2D eigenvalue weighted by molar-refractivity contribution is 0.102. The van der Waals surface area contributed by atoms with Crippen molar-refractivity contribution in [3.05, 3.63) is 82.8 Å². The molecule has 5 rings (SSSR count). The van der Waals surface area contributed by atoms with E-state index in [9.17, 15) is 14.8 Å². The second-order valence-electron chi connectivity index (χ2n) is 7.41. The number of nitrogens with one attached hydrogen (secondary N) is 3. The van der Waals surface area contributed by atoms with Crippen molar-refractivity contribution in [2.24, 2.45) is 5.18 Å². The smallest absolute Gasteiger partial charge is 0.255 e. The molecular formula is C24H18N4O3. The van der Waals surface area contributed by atoms with Gasteiger partial charge in [0, 0.05) is 33.1 Å². The number of anilines is 1. The van der Waals surface area contributed by atoms with Crippen LogP contribution in [0.4, 0.5) is 11.4 Å². The Balaban J connectivity index is 1.60. The number of hydrogen-bond acceptors (Lipinski definition) is 4. The molecule has 152 valence electrons. The van der Waals surface area contributed by atoms with Gasteiger partial charge in [-0.25, -0.2) is 0 Å². The molecule has 0 saturated heterocycles. The summed E-state index contributed by atoms with van der Waals surface area (Å²) in [7, 11) is 0. The number of aromatic hydroxyl groups is 1. The van der Waals surface area contributed by atoms with Gasteiger partial charge in [-0.3, -0.25) is 4.79 Å². The summed E-state index contributed by atoms with van der Waals surface area (Å²) >= 11 is 0.